The van der Waals surface area contributed by atoms with E-state index >= 15 is 0 Å². The summed E-state index contributed by atoms with van der Waals surface area (Å²) in [7, 11) is 1.56. The first-order chi connectivity index (χ1) is 14.5. The van der Waals surface area contributed by atoms with Crippen molar-refractivity contribution in [3.63, 3.8) is 0 Å². The highest BCUT2D eigenvalue weighted by molar-refractivity contribution is 6.30. The molecule has 0 spiro atoms. The molecule has 1 aromatic heterocycles. The summed E-state index contributed by atoms with van der Waals surface area (Å²) in [5.74, 6) is 0.505. The van der Waals surface area contributed by atoms with Gasteiger partial charge in [0.2, 0.25) is 0 Å². The Balaban J connectivity index is 1.71. The molecular weight excluding hydrogens is 404 g/mol. The minimum absolute atomic E-state index is 0.349. The second-order valence-electron chi connectivity index (χ2n) is 6.67. The number of carbonyl (C=O) groups is 1. The Hall–Kier alpha value is -3.57. The fourth-order valence-electron chi connectivity index (χ4n) is 3.24. The van der Waals surface area contributed by atoms with Crippen molar-refractivity contribution < 1.29 is 18.7 Å². The predicted octanol–water partition coefficient (Wildman–Crippen LogP) is 5.65. The molecule has 6 heteroatoms. The number of aryl methyl sites for hydroxylation is 1. The lowest BCUT2D eigenvalue weighted by atomic mass is 9.99. The molecular formula is C24H17ClO5. The quantitative estimate of drug-likeness (QED) is 0.242. The lowest BCUT2D eigenvalue weighted by Gasteiger charge is -2.10. The first-order valence-corrected chi connectivity index (χ1v) is 9.53. The van der Waals surface area contributed by atoms with Crippen LogP contribution >= 0.6 is 11.6 Å². The van der Waals surface area contributed by atoms with Crippen LogP contribution < -0.4 is 15.1 Å². The van der Waals surface area contributed by atoms with Gasteiger partial charge in [0.25, 0.3) is 0 Å². The van der Waals surface area contributed by atoms with E-state index < -0.39 is 11.6 Å². The zero-order valence-corrected chi connectivity index (χ0v) is 17.0. The van der Waals surface area contributed by atoms with E-state index in [2.05, 4.69) is 0 Å². The summed E-state index contributed by atoms with van der Waals surface area (Å²) in [6.07, 6.45) is 0. The summed E-state index contributed by atoms with van der Waals surface area (Å²) in [4.78, 5) is 25.0. The Kier molecular flexibility index (Phi) is 5.29. The molecule has 4 rings (SSSR count). The molecule has 0 aliphatic heterocycles. The van der Waals surface area contributed by atoms with Gasteiger partial charge in [-0.25, -0.2) is 9.59 Å². The van der Waals surface area contributed by atoms with Crippen LogP contribution in [0.3, 0.4) is 0 Å². The average molecular weight is 421 g/mol. The third-order valence-corrected chi connectivity index (χ3v) is 5.06. The molecule has 0 aliphatic rings. The summed E-state index contributed by atoms with van der Waals surface area (Å²) in [5.41, 5.74) is 2.25. The lowest BCUT2D eigenvalue weighted by molar-refractivity contribution is 0.0735. The monoisotopic (exact) mass is 420 g/mol. The normalized spacial score (nSPS) is 10.8. The third kappa shape index (κ3) is 3.80. The van der Waals surface area contributed by atoms with Gasteiger partial charge < -0.3 is 13.9 Å². The average Bonchev–Trinajstić information content (AvgIpc) is 2.75. The molecule has 3 aromatic carbocycles. The second kappa shape index (κ2) is 8.05. The van der Waals surface area contributed by atoms with Gasteiger partial charge in [-0.3, -0.25) is 0 Å². The first-order valence-electron chi connectivity index (χ1n) is 9.16. The minimum atomic E-state index is -0.495. The van der Waals surface area contributed by atoms with E-state index in [9.17, 15) is 9.59 Å². The van der Waals surface area contributed by atoms with Crippen molar-refractivity contribution in [2.45, 2.75) is 6.92 Å². The summed E-state index contributed by atoms with van der Waals surface area (Å²) in [6.45, 7) is 1.83. The van der Waals surface area contributed by atoms with Gasteiger partial charge in [0, 0.05) is 10.4 Å². The van der Waals surface area contributed by atoms with Crippen LogP contribution in [0.2, 0.25) is 5.02 Å². The van der Waals surface area contributed by atoms with Gasteiger partial charge >= 0.3 is 11.6 Å². The first kappa shape index (κ1) is 19.7. The van der Waals surface area contributed by atoms with E-state index in [0.29, 0.717) is 44.2 Å². The zero-order chi connectivity index (χ0) is 21.3. The topological polar surface area (TPSA) is 65.7 Å². The van der Waals surface area contributed by atoms with Gasteiger partial charge in [0.1, 0.15) is 17.1 Å². The van der Waals surface area contributed by atoms with E-state index in [4.69, 9.17) is 25.5 Å². The summed E-state index contributed by atoms with van der Waals surface area (Å²) < 4.78 is 16.1. The third-order valence-electron chi connectivity index (χ3n) is 4.81. The number of esters is 1. The molecule has 0 unspecified atom stereocenters. The SMILES string of the molecule is COc1ccc(C(=O)Oc2ccc3oc(=O)c(-c4ccc(Cl)cc4)c(C)c3c2)cc1. The Morgan fingerprint density at radius 3 is 2.27 bits per heavy atom. The van der Waals surface area contributed by atoms with Crippen molar-refractivity contribution in [1.29, 1.82) is 0 Å². The molecule has 0 fully saturated rings. The molecule has 150 valence electrons. The summed E-state index contributed by atoms with van der Waals surface area (Å²) >= 11 is 5.95. The van der Waals surface area contributed by atoms with Crippen LogP contribution in [0, 0.1) is 6.92 Å². The lowest BCUT2D eigenvalue weighted by Crippen LogP contribution is -2.09. The smallest absolute Gasteiger partial charge is 0.344 e. The maximum atomic E-state index is 12.5. The van der Waals surface area contributed by atoms with Crippen molar-refractivity contribution in [2.75, 3.05) is 7.11 Å². The zero-order valence-electron chi connectivity index (χ0n) is 16.3. The van der Waals surface area contributed by atoms with Crippen molar-refractivity contribution >= 4 is 28.5 Å². The van der Waals surface area contributed by atoms with Gasteiger partial charge in [-0.2, -0.15) is 0 Å². The molecule has 0 aliphatic carbocycles. The van der Waals surface area contributed by atoms with Crippen LogP contribution in [0.25, 0.3) is 22.1 Å². The number of benzene rings is 3. The molecule has 0 bridgehead atoms. The Morgan fingerprint density at radius 1 is 0.933 bits per heavy atom. The number of hydrogen-bond acceptors (Lipinski definition) is 5. The molecule has 0 N–H and O–H groups in total. The van der Waals surface area contributed by atoms with Crippen molar-refractivity contribution in [2.24, 2.45) is 0 Å². The van der Waals surface area contributed by atoms with E-state index in [1.807, 2.05) is 6.92 Å². The van der Waals surface area contributed by atoms with E-state index in [1.165, 1.54) is 0 Å². The Labute approximate surface area is 177 Å². The van der Waals surface area contributed by atoms with Crippen molar-refractivity contribution in [1.82, 2.24) is 0 Å². The molecule has 5 nitrogen and oxygen atoms in total. The van der Waals surface area contributed by atoms with Gasteiger partial charge in [-0.1, -0.05) is 23.7 Å². The molecule has 0 saturated carbocycles. The molecule has 0 atom stereocenters. The second-order valence-corrected chi connectivity index (χ2v) is 7.11. The van der Waals surface area contributed by atoms with Crippen molar-refractivity contribution in [3.05, 3.63) is 93.3 Å². The van der Waals surface area contributed by atoms with Crippen LogP contribution in [-0.4, -0.2) is 13.1 Å². The van der Waals surface area contributed by atoms with Gasteiger partial charge in [-0.15, -0.1) is 0 Å². The fraction of sp³-hybridized carbons (Fsp3) is 0.0833. The Bertz CT molecular complexity index is 1290. The van der Waals surface area contributed by atoms with Crippen LogP contribution in [0.15, 0.2) is 75.9 Å². The fourth-order valence-corrected chi connectivity index (χ4v) is 3.36. The maximum Gasteiger partial charge on any atom is 0.344 e. The molecule has 0 radical (unpaired) electrons. The Morgan fingerprint density at radius 2 is 1.60 bits per heavy atom. The van der Waals surface area contributed by atoms with Crippen LogP contribution in [0.5, 0.6) is 11.5 Å². The van der Waals surface area contributed by atoms with Gasteiger partial charge in [0.05, 0.1) is 18.2 Å². The highest BCUT2D eigenvalue weighted by Gasteiger charge is 2.15. The van der Waals surface area contributed by atoms with E-state index in [-0.39, 0.29) is 0 Å². The molecule has 30 heavy (non-hydrogen) atoms. The van der Waals surface area contributed by atoms with E-state index in [0.717, 1.165) is 5.56 Å². The number of ether oxygens (including phenoxy) is 2. The number of rotatable bonds is 4. The summed E-state index contributed by atoms with van der Waals surface area (Å²) in [6, 6.07) is 18.5. The molecule has 4 aromatic rings. The number of fused-ring (bicyclic) bond motifs is 1. The maximum absolute atomic E-state index is 12.5. The van der Waals surface area contributed by atoms with E-state index in [1.54, 1.807) is 73.8 Å². The number of hydrogen-bond donors (Lipinski definition) is 0. The number of methoxy groups -OCH3 is 1. The van der Waals surface area contributed by atoms with Crippen LogP contribution in [-0.2, 0) is 0 Å². The molecule has 0 saturated heterocycles. The summed E-state index contributed by atoms with van der Waals surface area (Å²) in [5, 5.41) is 1.26. The largest absolute Gasteiger partial charge is 0.497 e. The highest BCUT2D eigenvalue weighted by atomic mass is 35.5. The van der Waals surface area contributed by atoms with Crippen molar-refractivity contribution in [3.8, 4) is 22.6 Å². The predicted molar refractivity (Wildman–Crippen MR) is 116 cm³/mol. The number of carbonyl (C=O) groups excluding carboxylic acids is 1. The minimum Gasteiger partial charge on any atom is -0.497 e. The molecule has 1 heterocycles. The standard InChI is InChI=1S/C24H17ClO5/c1-14-20-13-19(29-23(26)16-5-9-18(28-2)10-6-16)11-12-21(20)30-24(27)22(14)15-3-7-17(25)8-4-15/h3-13H,1-2H3. The number of halogens is 1. The van der Waals surface area contributed by atoms with Gasteiger partial charge in [0.15, 0.2) is 0 Å². The van der Waals surface area contributed by atoms with Crippen LogP contribution in [0.4, 0.5) is 0 Å². The van der Waals surface area contributed by atoms with Crippen LogP contribution in [0.1, 0.15) is 15.9 Å². The highest BCUT2D eigenvalue weighted by Crippen LogP contribution is 2.30. The van der Waals surface area contributed by atoms with Gasteiger partial charge in [-0.05, 0) is 72.6 Å². The molecule has 0 amide bonds.